The van der Waals surface area contributed by atoms with Gasteiger partial charge in [0, 0.05) is 34.4 Å². The molecule has 2 atom stereocenters. The number of para-hydroxylation sites is 1. The number of carbonyl (C=O) groups is 1. The molecule has 0 saturated heterocycles. The third-order valence-corrected chi connectivity index (χ3v) is 6.59. The van der Waals surface area contributed by atoms with Gasteiger partial charge in [-0.25, -0.2) is 0 Å². The zero-order valence-corrected chi connectivity index (χ0v) is 21.2. The minimum Gasteiger partial charge on any atom is -0.490 e. The van der Waals surface area contributed by atoms with Crippen molar-refractivity contribution in [1.29, 1.82) is 0 Å². The maximum atomic E-state index is 11.2. The number of H-pyrrole nitrogens is 1. The third-order valence-electron chi connectivity index (χ3n) is 6.59. The highest BCUT2D eigenvalue weighted by Crippen LogP contribution is 2.33. The summed E-state index contributed by atoms with van der Waals surface area (Å²) in [5.41, 5.74) is 8.89. The number of primary amides is 1. The Balaban J connectivity index is 1.16. The number of aromatic amines is 1. The van der Waals surface area contributed by atoms with Crippen molar-refractivity contribution in [2.75, 3.05) is 13.2 Å². The second kappa shape index (κ2) is 11.4. The number of benzene rings is 4. The molecule has 4 aromatic carbocycles. The Morgan fingerprint density at radius 2 is 1.61 bits per heavy atom. The molecule has 0 radical (unpaired) electrons. The number of hydrogen-bond acceptors (Lipinski definition) is 5. The minimum atomic E-state index is -0.671. The molecule has 0 aliphatic carbocycles. The summed E-state index contributed by atoms with van der Waals surface area (Å²) in [5, 5.41) is 16.2. The number of aliphatic hydroxyl groups excluding tert-OH is 1. The van der Waals surface area contributed by atoms with Gasteiger partial charge in [0.15, 0.2) is 0 Å². The van der Waals surface area contributed by atoms with Crippen molar-refractivity contribution >= 4 is 27.7 Å². The van der Waals surface area contributed by atoms with E-state index < -0.39 is 12.0 Å². The SMILES string of the molecule is CCC(NCC(O)COc1cccc2[nH]c3ccccc3c12)c1ccc(Oc2ccc(C(N)=O)cc2)cc1. The Labute approximate surface area is 221 Å². The van der Waals surface area contributed by atoms with Crippen LogP contribution >= 0.6 is 0 Å². The molecule has 1 aromatic heterocycles. The van der Waals surface area contributed by atoms with Gasteiger partial charge in [-0.1, -0.05) is 43.3 Å². The Kier molecular flexibility index (Phi) is 7.58. The van der Waals surface area contributed by atoms with Gasteiger partial charge in [0.25, 0.3) is 0 Å². The van der Waals surface area contributed by atoms with Crippen molar-refractivity contribution in [3.8, 4) is 17.2 Å². The molecule has 38 heavy (non-hydrogen) atoms. The molecule has 0 aliphatic rings. The van der Waals surface area contributed by atoms with Crippen molar-refractivity contribution < 1.29 is 19.4 Å². The highest BCUT2D eigenvalue weighted by Gasteiger charge is 2.14. The van der Waals surface area contributed by atoms with Crippen LogP contribution in [0.25, 0.3) is 21.8 Å². The molecule has 0 fully saturated rings. The fourth-order valence-electron chi connectivity index (χ4n) is 4.60. The van der Waals surface area contributed by atoms with Crippen LogP contribution in [0.5, 0.6) is 17.2 Å². The number of ether oxygens (including phenoxy) is 2. The first-order chi connectivity index (χ1) is 18.5. The summed E-state index contributed by atoms with van der Waals surface area (Å²) in [6, 6.07) is 28.7. The Morgan fingerprint density at radius 3 is 2.32 bits per heavy atom. The van der Waals surface area contributed by atoms with E-state index in [1.165, 1.54) is 0 Å². The van der Waals surface area contributed by atoms with Crippen LogP contribution in [0.1, 0.15) is 35.3 Å². The largest absolute Gasteiger partial charge is 0.490 e. The number of amides is 1. The van der Waals surface area contributed by atoms with E-state index in [-0.39, 0.29) is 12.6 Å². The molecule has 1 heterocycles. The molecule has 5 rings (SSSR count). The maximum absolute atomic E-state index is 11.2. The van der Waals surface area contributed by atoms with Gasteiger partial charge < -0.3 is 30.6 Å². The number of nitrogens with one attached hydrogen (secondary N) is 2. The molecule has 7 heteroatoms. The van der Waals surface area contributed by atoms with E-state index in [1.807, 2.05) is 60.7 Å². The van der Waals surface area contributed by atoms with E-state index in [4.69, 9.17) is 15.2 Å². The number of aliphatic hydroxyl groups is 1. The molecule has 0 saturated carbocycles. The highest BCUT2D eigenvalue weighted by molar-refractivity contribution is 6.10. The predicted molar refractivity (Wildman–Crippen MR) is 150 cm³/mol. The first-order valence-electron chi connectivity index (χ1n) is 12.7. The fraction of sp³-hybridized carbons (Fsp3) is 0.194. The number of aromatic nitrogens is 1. The van der Waals surface area contributed by atoms with Gasteiger partial charge in [0.1, 0.15) is 30.0 Å². The molecule has 5 aromatic rings. The summed E-state index contributed by atoms with van der Waals surface area (Å²) in [6.07, 6.45) is 0.187. The number of hydrogen-bond donors (Lipinski definition) is 4. The van der Waals surface area contributed by atoms with Crippen LogP contribution in [0.15, 0.2) is 91.0 Å². The van der Waals surface area contributed by atoms with Crippen LogP contribution in [0.3, 0.4) is 0 Å². The lowest BCUT2D eigenvalue weighted by Crippen LogP contribution is -2.33. The van der Waals surface area contributed by atoms with Crippen LogP contribution in [0.2, 0.25) is 0 Å². The molecule has 0 spiro atoms. The van der Waals surface area contributed by atoms with E-state index in [0.717, 1.165) is 39.5 Å². The molecule has 2 unspecified atom stereocenters. The summed E-state index contributed by atoms with van der Waals surface area (Å²) in [7, 11) is 0. The van der Waals surface area contributed by atoms with Crippen molar-refractivity contribution in [2.24, 2.45) is 5.73 Å². The van der Waals surface area contributed by atoms with Crippen molar-refractivity contribution in [2.45, 2.75) is 25.5 Å². The lowest BCUT2D eigenvalue weighted by Gasteiger charge is -2.20. The highest BCUT2D eigenvalue weighted by atomic mass is 16.5. The summed E-state index contributed by atoms with van der Waals surface area (Å²) >= 11 is 0. The van der Waals surface area contributed by atoms with Gasteiger partial charge in [-0.2, -0.15) is 0 Å². The summed E-state index contributed by atoms with van der Waals surface area (Å²) in [6.45, 7) is 2.68. The lowest BCUT2D eigenvalue weighted by molar-refractivity contribution is 0.1000. The molecule has 7 nitrogen and oxygen atoms in total. The van der Waals surface area contributed by atoms with Crippen molar-refractivity contribution in [1.82, 2.24) is 10.3 Å². The average molecular weight is 510 g/mol. The Bertz CT molecular complexity index is 1530. The van der Waals surface area contributed by atoms with Crippen molar-refractivity contribution in [3.05, 3.63) is 102 Å². The van der Waals surface area contributed by atoms with Gasteiger partial charge in [-0.15, -0.1) is 0 Å². The van der Waals surface area contributed by atoms with E-state index in [2.05, 4.69) is 23.3 Å². The number of fused-ring (bicyclic) bond motifs is 3. The molecule has 0 bridgehead atoms. The Morgan fingerprint density at radius 1 is 0.921 bits per heavy atom. The van der Waals surface area contributed by atoms with Crippen LogP contribution < -0.4 is 20.5 Å². The van der Waals surface area contributed by atoms with Crippen LogP contribution in [-0.4, -0.2) is 35.3 Å². The number of nitrogens with two attached hydrogens (primary N) is 1. The first kappa shape index (κ1) is 25.3. The van der Waals surface area contributed by atoms with Crippen molar-refractivity contribution in [3.63, 3.8) is 0 Å². The predicted octanol–water partition coefficient (Wildman–Crippen LogP) is 5.69. The van der Waals surface area contributed by atoms with E-state index in [9.17, 15) is 9.90 Å². The van der Waals surface area contributed by atoms with Gasteiger partial charge in [0.2, 0.25) is 5.91 Å². The molecule has 1 amide bonds. The quantitative estimate of drug-likeness (QED) is 0.183. The number of carbonyl (C=O) groups excluding carboxylic acids is 1. The maximum Gasteiger partial charge on any atom is 0.248 e. The zero-order valence-electron chi connectivity index (χ0n) is 21.2. The second-order valence-electron chi connectivity index (χ2n) is 9.24. The topological polar surface area (TPSA) is 110 Å². The standard InChI is InChI=1S/C31H31N3O4/c1-2-26(20-10-14-23(15-11-20)38-24-16-12-21(13-17-24)31(32)36)33-18-22(35)19-37-29-9-5-8-28-30(29)25-6-3-4-7-27(25)34-28/h3-17,22,26,33-35H,2,18-19H2,1H3,(H2,32,36). The molecular formula is C31H31N3O4. The van der Waals surface area contributed by atoms with Gasteiger partial charge >= 0.3 is 0 Å². The molecule has 5 N–H and O–H groups in total. The summed E-state index contributed by atoms with van der Waals surface area (Å²) < 4.78 is 11.9. The normalized spacial score (nSPS) is 12.9. The van der Waals surface area contributed by atoms with Crippen LogP contribution in [-0.2, 0) is 0 Å². The minimum absolute atomic E-state index is 0.0746. The van der Waals surface area contributed by atoms with Gasteiger partial charge in [-0.05, 0) is 66.6 Å². The summed E-state index contributed by atoms with van der Waals surface area (Å²) in [5.74, 6) is 1.60. The van der Waals surface area contributed by atoms with E-state index in [1.54, 1.807) is 24.3 Å². The lowest BCUT2D eigenvalue weighted by atomic mass is 10.0. The molecule has 0 aliphatic heterocycles. The van der Waals surface area contributed by atoms with Crippen LogP contribution in [0, 0.1) is 0 Å². The molecular weight excluding hydrogens is 478 g/mol. The molecule has 194 valence electrons. The zero-order chi connectivity index (χ0) is 26.5. The first-order valence-corrected chi connectivity index (χ1v) is 12.7. The van der Waals surface area contributed by atoms with E-state index in [0.29, 0.717) is 23.6 Å². The Hall–Kier alpha value is -4.33. The smallest absolute Gasteiger partial charge is 0.248 e. The fourth-order valence-corrected chi connectivity index (χ4v) is 4.60. The average Bonchev–Trinajstić information content (AvgIpc) is 3.33. The third kappa shape index (κ3) is 5.64. The van der Waals surface area contributed by atoms with E-state index >= 15 is 0 Å². The van der Waals surface area contributed by atoms with Crippen LogP contribution in [0.4, 0.5) is 0 Å². The monoisotopic (exact) mass is 509 g/mol. The summed E-state index contributed by atoms with van der Waals surface area (Å²) in [4.78, 5) is 14.6. The number of rotatable bonds is 11. The van der Waals surface area contributed by atoms with Gasteiger partial charge in [0.05, 0.1) is 5.52 Å². The second-order valence-corrected chi connectivity index (χ2v) is 9.24. The van der Waals surface area contributed by atoms with Gasteiger partial charge in [-0.3, -0.25) is 4.79 Å².